The third-order valence-corrected chi connectivity index (χ3v) is 3.84. The van der Waals surface area contributed by atoms with Gasteiger partial charge in [0.15, 0.2) is 0 Å². The number of hydrogen-bond acceptors (Lipinski definition) is 3. The summed E-state index contributed by atoms with van der Waals surface area (Å²) in [4.78, 5) is 14.9. The SMILES string of the molecule is O=CCc1nc2ccc(-c3ccccc3)cc2s1. The summed E-state index contributed by atoms with van der Waals surface area (Å²) in [6.45, 7) is 0. The fourth-order valence-electron chi connectivity index (χ4n) is 1.94. The Morgan fingerprint density at radius 3 is 2.67 bits per heavy atom. The molecule has 0 fully saturated rings. The van der Waals surface area contributed by atoms with Crippen LogP contribution in [0.4, 0.5) is 0 Å². The number of nitrogens with zero attached hydrogens (tertiary/aromatic N) is 1. The second-order valence-electron chi connectivity index (χ2n) is 4.03. The third kappa shape index (κ3) is 2.05. The van der Waals surface area contributed by atoms with Crippen molar-refractivity contribution in [2.75, 3.05) is 0 Å². The van der Waals surface area contributed by atoms with Crippen LogP contribution in [0.15, 0.2) is 48.5 Å². The monoisotopic (exact) mass is 253 g/mol. The molecule has 0 N–H and O–H groups in total. The molecular weight excluding hydrogens is 242 g/mol. The largest absolute Gasteiger partial charge is 0.303 e. The van der Waals surface area contributed by atoms with Gasteiger partial charge in [-0.3, -0.25) is 0 Å². The predicted molar refractivity (Wildman–Crippen MR) is 74.8 cm³/mol. The van der Waals surface area contributed by atoms with Crippen LogP contribution in [0, 0.1) is 0 Å². The zero-order valence-corrected chi connectivity index (χ0v) is 10.5. The van der Waals surface area contributed by atoms with E-state index in [2.05, 4.69) is 29.2 Å². The number of thiazole rings is 1. The Balaban J connectivity index is 2.08. The van der Waals surface area contributed by atoms with Crippen molar-refractivity contribution in [3.8, 4) is 11.1 Å². The lowest BCUT2D eigenvalue weighted by Gasteiger charge is -2.00. The first-order valence-corrected chi connectivity index (χ1v) is 6.57. The van der Waals surface area contributed by atoms with E-state index in [0.29, 0.717) is 6.42 Å². The van der Waals surface area contributed by atoms with Gasteiger partial charge in [0.05, 0.1) is 16.6 Å². The topological polar surface area (TPSA) is 30.0 Å². The van der Waals surface area contributed by atoms with E-state index in [4.69, 9.17) is 0 Å². The number of carbonyl (C=O) groups is 1. The van der Waals surface area contributed by atoms with E-state index in [9.17, 15) is 4.79 Å². The molecule has 0 bridgehead atoms. The summed E-state index contributed by atoms with van der Waals surface area (Å²) >= 11 is 1.59. The van der Waals surface area contributed by atoms with Gasteiger partial charge in [-0.15, -0.1) is 11.3 Å². The summed E-state index contributed by atoms with van der Waals surface area (Å²) < 4.78 is 1.13. The van der Waals surface area contributed by atoms with Crippen molar-refractivity contribution >= 4 is 27.8 Å². The summed E-state index contributed by atoms with van der Waals surface area (Å²) in [5, 5.41) is 0.880. The first-order chi connectivity index (χ1) is 8.86. The molecule has 0 aliphatic carbocycles. The van der Waals surface area contributed by atoms with E-state index in [1.165, 1.54) is 11.1 Å². The van der Waals surface area contributed by atoms with E-state index in [1.54, 1.807) is 11.3 Å². The van der Waals surface area contributed by atoms with E-state index >= 15 is 0 Å². The molecule has 3 heteroatoms. The van der Waals surface area contributed by atoms with Crippen LogP contribution in [0.5, 0.6) is 0 Å². The fraction of sp³-hybridized carbons (Fsp3) is 0.0667. The average molecular weight is 253 g/mol. The molecule has 0 aliphatic rings. The first kappa shape index (κ1) is 11.1. The van der Waals surface area contributed by atoms with Gasteiger partial charge in [0, 0.05) is 0 Å². The Bertz CT molecular complexity index is 688. The molecule has 1 heterocycles. The minimum atomic E-state index is 0.403. The number of rotatable bonds is 3. The minimum absolute atomic E-state index is 0.403. The summed E-state index contributed by atoms with van der Waals surface area (Å²) in [7, 11) is 0. The Morgan fingerprint density at radius 2 is 1.89 bits per heavy atom. The molecule has 0 spiro atoms. The molecule has 18 heavy (non-hydrogen) atoms. The van der Waals surface area contributed by atoms with Gasteiger partial charge in [-0.2, -0.15) is 0 Å². The van der Waals surface area contributed by atoms with Crippen molar-refractivity contribution in [3.63, 3.8) is 0 Å². The predicted octanol–water partition coefficient (Wildman–Crippen LogP) is 3.70. The van der Waals surface area contributed by atoms with Crippen molar-refractivity contribution in [1.82, 2.24) is 4.98 Å². The summed E-state index contributed by atoms with van der Waals surface area (Å²) in [5.41, 5.74) is 3.35. The molecule has 0 saturated heterocycles. The van der Waals surface area contributed by atoms with Gasteiger partial charge in [-0.25, -0.2) is 4.98 Å². The van der Waals surface area contributed by atoms with Crippen LogP contribution in [0.1, 0.15) is 5.01 Å². The maximum atomic E-state index is 10.5. The van der Waals surface area contributed by atoms with Crippen molar-refractivity contribution in [2.45, 2.75) is 6.42 Å². The van der Waals surface area contributed by atoms with Crippen LogP contribution in [-0.4, -0.2) is 11.3 Å². The quantitative estimate of drug-likeness (QED) is 0.666. The molecule has 3 rings (SSSR count). The Hall–Kier alpha value is -2.00. The second-order valence-corrected chi connectivity index (χ2v) is 5.14. The van der Waals surface area contributed by atoms with Crippen LogP contribution >= 0.6 is 11.3 Å². The van der Waals surface area contributed by atoms with Crippen LogP contribution in [0.2, 0.25) is 0 Å². The Kier molecular flexibility index (Phi) is 2.90. The molecule has 0 amide bonds. The number of aldehydes is 1. The smallest absolute Gasteiger partial charge is 0.126 e. The van der Waals surface area contributed by atoms with Crippen molar-refractivity contribution in [1.29, 1.82) is 0 Å². The highest BCUT2D eigenvalue weighted by Gasteiger charge is 2.05. The average Bonchev–Trinajstić information content (AvgIpc) is 2.81. The van der Waals surface area contributed by atoms with Crippen LogP contribution < -0.4 is 0 Å². The third-order valence-electron chi connectivity index (χ3n) is 2.80. The maximum Gasteiger partial charge on any atom is 0.126 e. The molecule has 3 aromatic rings. The first-order valence-electron chi connectivity index (χ1n) is 5.75. The highest BCUT2D eigenvalue weighted by atomic mass is 32.1. The molecule has 2 aromatic carbocycles. The number of aromatic nitrogens is 1. The second kappa shape index (κ2) is 4.70. The lowest BCUT2D eigenvalue weighted by atomic mass is 10.1. The van der Waals surface area contributed by atoms with Gasteiger partial charge in [0.2, 0.25) is 0 Å². The fourth-order valence-corrected chi connectivity index (χ4v) is 2.89. The van der Waals surface area contributed by atoms with Crippen LogP contribution in [-0.2, 0) is 11.2 Å². The number of carbonyl (C=O) groups excluding carboxylic acids is 1. The molecule has 0 unspecified atom stereocenters. The highest BCUT2D eigenvalue weighted by molar-refractivity contribution is 7.18. The molecule has 2 nitrogen and oxygen atoms in total. The lowest BCUT2D eigenvalue weighted by molar-refractivity contribution is -0.107. The van der Waals surface area contributed by atoms with Crippen molar-refractivity contribution in [3.05, 3.63) is 53.5 Å². The number of hydrogen-bond donors (Lipinski definition) is 0. The number of benzene rings is 2. The standard InChI is InChI=1S/C15H11NOS/c17-9-8-15-16-13-7-6-12(10-14(13)18-15)11-4-2-1-3-5-11/h1-7,9-10H,8H2. The van der Waals surface area contributed by atoms with Gasteiger partial charge in [0.1, 0.15) is 11.3 Å². The van der Waals surface area contributed by atoms with Crippen molar-refractivity contribution < 1.29 is 4.79 Å². The van der Waals surface area contributed by atoms with Gasteiger partial charge in [-0.05, 0) is 23.3 Å². The summed E-state index contributed by atoms with van der Waals surface area (Å²) in [6.07, 6.45) is 1.30. The zero-order chi connectivity index (χ0) is 12.4. The molecule has 88 valence electrons. The zero-order valence-electron chi connectivity index (χ0n) is 9.67. The Morgan fingerprint density at radius 1 is 1.06 bits per heavy atom. The van der Waals surface area contributed by atoms with Crippen LogP contribution in [0.3, 0.4) is 0 Å². The highest BCUT2D eigenvalue weighted by Crippen LogP contribution is 2.28. The van der Waals surface area contributed by atoms with Crippen LogP contribution in [0.25, 0.3) is 21.3 Å². The van der Waals surface area contributed by atoms with Gasteiger partial charge in [0.25, 0.3) is 0 Å². The van der Waals surface area contributed by atoms with E-state index in [-0.39, 0.29) is 0 Å². The molecule has 0 saturated carbocycles. The molecule has 0 aliphatic heterocycles. The van der Waals surface area contributed by atoms with Gasteiger partial charge < -0.3 is 4.79 Å². The van der Waals surface area contributed by atoms with E-state index < -0.39 is 0 Å². The lowest BCUT2D eigenvalue weighted by Crippen LogP contribution is -1.81. The Labute approximate surface area is 109 Å². The number of fused-ring (bicyclic) bond motifs is 1. The molecular formula is C15H11NOS. The molecule has 1 aromatic heterocycles. The van der Waals surface area contributed by atoms with Gasteiger partial charge >= 0.3 is 0 Å². The molecule has 0 atom stereocenters. The maximum absolute atomic E-state index is 10.5. The molecule has 0 radical (unpaired) electrons. The van der Waals surface area contributed by atoms with Gasteiger partial charge in [-0.1, -0.05) is 36.4 Å². The summed E-state index contributed by atoms with van der Waals surface area (Å²) in [6, 6.07) is 16.5. The minimum Gasteiger partial charge on any atom is -0.303 e. The van der Waals surface area contributed by atoms with E-state index in [1.807, 2.05) is 24.3 Å². The summed E-state index contributed by atoms with van der Waals surface area (Å²) in [5.74, 6) is 0. The van der Waals surface area contributed by atoms with Crippen molar-refractivity contribution in [2.24, 2.45) is 0 Å². The van der Waals surface area contributed by atoms with E-state index in [0.717, 1.165) is 21.5 Å². The normalized spacial score (nSPS) is 10.7.